The van der Waals surface area contributed by atoms with Crippen molar-refractivity contribution >= 4 is 5.91 Å². The molecule has 3 rings (SSSR count). The van der Waals surface area contributed by atoms with Crippen LogP contribution in [0.3, 0.4) is 0 Å². The zero-order valence-electron chi connectivity index (χ0n) is 15.6. The number of hydrogen-bond donors (Lipinski definition) is 0. The highest BCUT2D eigenvalue weighted by Gasteiger charge is 2.48. The molecule has 6 nitrogen and oxygen atoms in total. The third-order valence-corrected chi connectivity index (χ3v) is 5.68. The van der Waals surface area contributed by atoms with Crippen LogP contribution < -0.4 is 0 Å². The Hall–Kier alpha value is -1.53. The summed E-state index contributed by atoms with van der Waals surface area (Å²) in [5, 5.41) is 0. The highest BCUT2D eigenvalue weighted by molar-refractivity contribution is 5.90. The van der Waals surface area contributed by atoms with Crippen molar-refractivity contribution in [2.24, 2.45) is 17.3 Å². The highest BCUT2D eigenvalue weighted by atomic mass is 16.5. The summed E-state index contributed by atoms with van der Waals surface area (Å²) in [6.45, 7) is 10.3. The number of rotatable bonds is 5. The van der Waals surface area contributed by atoms with Crippen molar-refractivity contribution in [3.05, 3.63) is 24.3 Å². The summed E-state index contributed by atoms with van der Waals surface area (Å²) >= 11 is 0. The van der Waals surface area contributed by atoms with E-state index >= 15 is 0 Å². The molecule has 0 bridgehead atoms. The fourth-order valence-electron chi connectivity index (χ4n) is 4.50. The van der Waals surface area contributed by atoms with Crippen molar-refractivity contribution in [2.45, 2.75) is 26.7 Å². The van der Waals surface area contributed by atoms with E-state index in [0.29, 0.717) is 17.7 Å². The Morgan fingerprint density at radius 3 is 2.60 bits per heavy atom. The Balaban J connectivity index is 1.65. The van der Waals surface area contributed by atoms with Crippen LogP contribution in [0.5, 0.6) is 0 Å². The molecule has 0 N–H and O–H groups in total. The summed E-state index contributed by atoms with van der Waals surface area (Å²) in [5.41, 5.74) is 0.277. The van der Waals surface area contributed by atoms with E-state index in [4.69, 9.17) is 4.74 Å². The molecule has 2 aliphatic rings. The topological polar surface area (TPSA) is 58.6 Å². The summed E-state index contributed by atoms with van der Waals surface area (Å²) in [5.74, 6) is 1.49. The standard InChI is InChI=1S/C19H30N4O2/c1-15(2)11-22-12-16(13-25-3)19(14-22)5-9-23(10-6-19)18(24)17-20-7-4-8-21-17/h4,7-8,15-16H,5-6,9-14H2,1-3H3/t16-/m1/s1. The number of likely N-dealkylation sites (tertiary alicyclic amines) is 2. The molecule has 1 aromatic heterocycles. The zero-order valence-corrected chi connectivity index (χ0v) is 15.6. The fraction of sp³-hybridized carbons (Fsp3) is 0.737. The van der Waals surface area contributed by atoms with E-state index in [1.165, 1.54) is 0 Å². The number of methoxy groups -OCH3 is 1. The number of carbonyl (C=O) groups is 1. The Morgan fingerprint density at radius 1 is 1.32 bits per heavy atom. The lowest BCUT2D eigenvalue weighted by Gasteiger charge is -2.42. The smallest absolute Gasteiger partial charge is 0.291 e. The quantitative estimate of drug-likeness (QED) is 0.815. The SMILES string of the molecule is COC[C@H]1CN(CC(C)C)CC12CCN(C(=O)c1ncccn1)CC2. The molecule has 0 unspecified atom stereocenters. The Bertz CT molecular complexity index is 570. The van der Waals surface area contributed by atoms with E-state index < -0.39 is 0 Å². The molecule has 3 heterocycles. The van der Waals surface area contributed by atoms with Crippen molar-refractivity contribution in [2.75, 3.05) is 46.4 Å². The summed E-state index contributed by atoms with van der Waals surface area (Å²) in [7, 11) is 1.80. The van der Waals surface area contributed by atoms with Crippen molar-refractivity contribution in [3.63, 3.8) is 0 Å². The van der Waals surface area contributed by atoms with Crippen LogP contribution in [0.15, 0.2) is 18.5 Å². The second kappa shape index (κ2) is 7.79. The summed E-state index contributed by atoms with van der Waals surface area (Å²) < 4.78 is 5.52. The number of amides is 1. The van der Waals surface area contributed by atoms with Crippen LogP contribution in [0.1, 0.15) is 37.3 Å². The lowest BCUT2D eigenvalue weighted by Crippen LogP contribution is -2.47. The molecule has 0 aromatic carbocycles. The first-order chi connectivity index (χ1) is 12.0. The Labute approximate surface area is 150 Å². The molecule has 1 amide bonds. The first-order valence-corrected chi connectivity index (χ1v) is 9.31. The minimum absolute atomic E-state index is 0.0456. The molecule has 2 saturated heterocycles. The van der Waals surface area contributed by atoms with Gasteiger partial charge in [-0.1, -0.05) is 13.8 Å². The van der Waals surface area contributed by atoms with Gasteiger partial charge in [0.05, 0.1) is 6.61 Å². The first-order valence-electron chi connectivity index (χ1n) is 9.31. The second-order valence-corrected chi connectivity index (χ2v) is 7.97. The molecule has 1 atom stereocenters. The van der Waals surface area contributed by atoms with Gasteiger partial charge in [-0.2, -0.15) is 0 Å². The highest BCUT2D eigenvalue weighted by Crippen LogP contribution is 2.45. The van der Waals surface area contributed by atoms with E-state index in [1.54, 1.807) is 25.6 Å². The number of ether oxygens (including phenoxy) is 1. The summed E-state index contributed by atoms with van der Waals surface area (Å²) in [6.07, 6.45) is 5.32. The van der Waals surface area contributed by atoms with Gasteiger partial charge in [-0.25, -0.2) is 9.97 Å². The van der Waals surface area contributed by atoms with Crippen LogP contribution in [0.4, 0.5) is 0 Å². The van der Waals surface area contributed by atoms with Gasteiger partial charge in [-0.15, -0.1) is 0 Å². The van der Waals surface area contributed by atoms with Gasteiger partial charge < -0.3 is 14.5 Å². The van der Waals surface area contributed by atoms with Crippen molar-refractivity contribution in [3.8, 4) is 0 Å². The molecule has 1 aromatic rings. The Morgan fingerprint density at radius 2 is 2.00 bits per heavy atom. The van der Waals surface area contributed by atoms with Crippen LogP contribution in [0.2, 0.25) is 0 Å². The molecule has 2 fully saturated rings. The molecule has 138 valence electrons. The minimum Gasteiger partial charge on any atom is -0.384 e. The van der Waals surface area contributed by atoms with E-state index in [9.17, 15) is 4.79 Å². The van der Waals surface area contributed by atoms with Crippen LogP contribution in [-0.4, -0.2) is 72.1 Å². The van der Waals surface area contributed by atoms with Crippen LogP contribution in [0, 0.1) is 17.3 Å². The normalized spacial score (nSPS) is 23.5. The number of aromatic nitrogens is 2. The van der Waals surface area contributed by atoms with Gasteiger partial charge in [0.15, 0.2) is 0 Å². The molecular weight excluding hydrogens is 316 g/mol. The average molecular weight is 346 g/mol. The van der Waals surface area contributed by atoms with Gasteiger partial charge >= 0.3 is 0 Å². The third-order valence-electron chi connectivity index (χ3n) is 5.68. The second-order valence-electron chi connectivity index (χ2n) is 7.97. The van der Waals surface area contributed by atoms with Crippen molar-refractivity contribution in [1.82, 2.24) is 19.8 Å². The van der Waals surface area contributed by atoms with Gasteiger partial charge in [0.2, 0.25) is 5.82 Å². The lowest BCUT2D eigenvalue weighted by molar-refractivity contribution is 0.0316. The molecule has 6 heteroatoms. The molecule has 25 heavy (non-hydrogen) atoms. The maximum absolute atomic E-state index is 12.6. The van der Waals surface area contributed by atoms with Crippen molar-refractivity contribution < 1.29 is 9.53 Å². The number of carbonyl (C=O) groups excluding carboxylic acids is 1. The number of piperidine rings is 1. The number of hydrogen-bond acceptors (Lipinski definition) is 5. The molecule has 0 saturated carbocycles. The minimum atomic E-state index is -0.0456. The molecule has 0 radical (unpaired) electrons. The van der Waals surface area contributed by atoms with Crippen LogP contribution >= 0.6 is 0 Å². The maximum atomic E-state index is 12.6. The van der Waals surface area contributed by atoms with E-state index in [2.05, 4.69) is 28.7 Å². The molecule has 1 spiro atoms. The maximum Gasteiger partial charge on any atom is 0.291 e. The fourth-order valence-corrected chi connectivity index (χ4v) is 4.50. The van der Waals surface area contributed by atoms with Gasteiger partial charge in [0.1, 0.15) is 0 Å². The molecular formula is C19H30N4O2. The largest absolute Gasteiger partial charge is 0.384 e. The van der Waals surface area contributed by atoms with Crippen LogP contribution in [-0.2, 0) is 4.74 Å². The lowest BCUT2D eigenvalue weighted by atomic mass is 9.71. The van der Waals surface area contributed by atoms with Gasteiger partial charge in [0.25, 0.3) is 5.91 Å². The summed E-state index contributed by atoms with van der Waals surface area (Å²) in [4.78, 5) is 25.3. The van der Waals surface area contributed by atoms with Crippen LogP contribution in [0.25, 0.3) is 0 Å². The predicted octanol–water partition coefficient (Wildman–Crippen LogP) is 1.93. The van der Waals surface area contributed by atoms with Crippen molar-refractivity contribution in [1.29, 1.82) is 0 Å². The van der Waals surface area contributed by atoms with E-state index in [0.717, 1.165) is 52.2 Å². The molecule has 2 aliphatic heterocycles. The monoisotopic (exact) mass is 346 g/mol. The molecule has 0 aliphatic carbocycles. The Kier molecular flexibility index (Phi) is 5.69. The number of nitrogens with zero attached hydrogens (tertiary/aromatic N) is 4. The third kappa shape index (κ3) is 4.01. The zero-order chi connectivity index (χ0) is 17.9. The summed E-state index contributed by atoms with van der Waals surface area (Å²) in [6, 6.07) is 1.74. The first kappa shape index (κ1) is 18.3. The van der Waals surface area contributed by atoms with E-state index in [-0.39, 0.29) is 11.3 Å². The van der Waals surface area contributed by atoms with E-state index in [1.807, 2.05) is 4.90 Å². The van der Waals surface area contributed by atoms with Gasteiger partial charge in [-0.05, 0) is 30.2 Å². The van der Waals surface area contributed by atoms with Gasteiger partial charge in [0, 0.05) is 58.1 Å². The average Bonchev–Trinajstić information content (AvgIpc) is 2.92. The van der Waals surface area contributed by atoms with Gasteiger partial charge in [-0.3, -0.25) is 4.79 Å². The predicted molar refractivity (Wildman–Crippen MR) is 96.2 cm³/mol.